The van der Waals surface area contributed by atoms with Crippen LogP contribution in [0.15, 0.2) is 21.3 Å². The van der Waals surface area contributed by atoms with Crippen molar-refractivity contribution in [1.29, 1.82) is 0 Å². The van der Waals surface area contributed by atoms with Gasteiger partial charge in [-0.25, -0.2) is 0 Å². The van der Waals surface area contributed by atoms with E-state index in [4.69, 9.17) is 15.0 Å². The minimum absolute atomic E-state index is 0.305. The zero-order valence-corrected chi connectivity index (χ0v) is 11.5. The number of benzene rings is 1. The van der Waals surface area contributed by atoms with Gasteiger partial charge in [0.2, 0.25) is 5.88 Å². The van der Waals surface area contributed by atoms with Gasteiger partial charge in [0.05, 0.1) is 18.9 Å². The molecule has 0 aliphatic heterocycles. The van der Waals surface area contributed by atoms with Crippen molar-refractivity contribution in [2.75, 3.05) is 12.8 Å². The molecule has 2 rings (SSSR count). The third-order valence-electron chi connectivity index (χ3n) is 2.73. The summed E-state index contributed by atoms with van der Waals surface area (Å²) in [6.45, 7) is 3.98. The van der Waals surface area contributed by atoms with Crippen LogP contribution in [-0.4, -0.2) is 12.3 Å². The lowest BCUT2D eigenvalue weighted by Gasteiger charge is -2.14. The van der Waals surface area contributed by atoms with Gasteiger partial charge in [-0.2, -0.15) is 0 Å². The maximum absolute atomic E-state index is 5.75. The van der Waals surface area contributed by atoms with Crippen LogP contribution in [-0.2, 0) is 0 Å². The smallest absolute Gasteiger partial charge is 0.230 e. The van der Waals surface area contributed by atoms with Crippen LogP contribution in [0, 0.1) is 13.8 Å². The van der Waals surface area contributed by atoms with Crippen LogP contribution >= 0.6 is 15.9 Å². The van der Waals surface area contributed by atoms with E-state index in [1.165, 1.54) is 0 Å². The minimum atomic E-state index is 0.305. The number of anilines is 1. The summed E-state index contributed by atoms with van der Waals surface area (Å²) in [4.78, 5) is 0. The molecule has 0 aliphatic carbocycles. The average Bonchev–Trinajstić information content (AvgIpc) is 2.65. The molecule has 90 valence electrons. The molecule has 2 N–H and O–H groups in total. The maximum atomic E-state index is 5.75. The highest BCUT2D eigenvalue weighted by Gasteiger charge is 2.18. The predicted molar refractivity (Wildman–Crippen MR) is 70.1 cm³/mol. The van der Waals surface area contributed by atoms with E-state index in [2.05, 4.69) is 21.1 Å². The summed E-state index contributed by atoms with van der Waals surface area (Å²) in [6.07, 6.45) is 1.61. The number of aryl methyl sites for hydroxylation is 1. The molecule has 0 radical (unpaired) electrons. The largest absolute Gasteiger partial charge is 0.496 e. The topological polar surface area (TPSA) is 61.3 Å². The van der Waals surface area contributed by atoms with Crippen molar-refractivity contribution >= 4 is 21.8 Å². The SMILES string of the molecule is COc1c(C)cc(Br)c(-c2cnoc2N)c1C. The standard InChI is InChI=1S/C12H13BrN2O2/c1-6-4-9(13)10(7(2)11(6)16-3)8-5-15-17-12(8)14/h4-5H,14H2,1-3H3. The first-order valence-electron chi connectivity index (χ1n) is 5.10. The Morgan fingerprint density at radius 1 is 1.41 bits per heavy atom. The molecule has 0 aliphatic rings. The molecule has 2 aromatic rings. The number of aromatic nitrogens is 1. The van der Waals surface area contributed by atoms with E-state index in [0.717, 1.165) is 32.5 Å². The normalized spacial score (nSPS) is 10.6. The third-order valence-corrected chi connectivity index (χ3v) is 3.35. The van der Waals surface area contributed by atoms with Gasteiger partial charge >= 0.3 is 0 Å². The van der Waals surface area contributed by atoms with Crippen molar-refractivity contribution in [2.24, 2.45) is 0 Å². The van der Waals surface area contributed by atoms with E-state index in [1.54, 1.807) is 13.3 Å². The minimum Gasteiger partial charge on any atom is -0.496 e. The highest BCUT2D eigenvalue weighted by atomic mass is 79.9. The lowest BCUT2D eigenvalue weighted by Crippen LogP contribution is -1.96. The predicted octanol–water partition coefficient (Wildman–Crippen LogP) is 3.31. The molecule has 5 heteroatoms. The second kappa shape index (κ2) is 4.41. The Morgan fingerprint density at radius 2 is 2.12 bits per heavy atom. The fraction of sp³-hybridized carbons (Fsp3) is 0.250. The molecule has 0 atom stereocenters. The van der Waals surface area contributed by atoms with Gasteiger partial charge in [-0.1, -0.05) is 21.1 Å². The Hall–Kier alpha value is -1.49. The zero-order chi connectivity index (χ0) is 12.6. The molecule has 1 heterocycles. The lowest BCUT2D eigenvalue weighted by atomic mass is 9.99. The van der Waals surface area contributed by atoms with Crippen molar-refractivity contribution in [1.82, 2.24) is 5.16 Å². The Balaban J connectivity index is 2.74. The van der Waals surface area contributed by atoms with Gasteiger partial charge in [0.25, 0.3) is 0 Å². The molecule has 1 aromatic carbocycles. The summed E-state index contributed by atoms with van der Waals surface area (Å²) < 4.78 is 11.2. The van der Waals surface area contributed by atoms with Crippen LogP contribution in [0.3, 0.4) is 0 Å². The second-order valence-corrected chi connectivity index (χ2v) is 4.67. The van der Waals surface area contributed by atoms with E-state index in [0.29, 0.717) is 5.88 Å². The number of halogens is 1. The highest BCUT2D eigenvalue weighted by molar-refractivity contribution is 9.10. The van der Waals surface area contributed by atoms with E-state index in [9.17, 15) is 0 Å². The van der Waals surface area contributed by atoms with Crippen LogP contribution in [0.4, 0.5) is 5.88 Å². The Morgan fingerprint density at radius 3 is 2.65 bits per heavy atom. The molecule has 0 amide bonds. The first-order valence-corrected chi connectivity index (χ1v) is 5.89. The number of rotatable bonds is 2. The Labute approximate surface area is 108 Å². The zero-order valence-electron chi connectivity index (χ0n) is 9.87. The monoisotopic (exact) mass is 296 g/mol. The second-order valence-electron chi connectivity index (χ2n) is 3.81. The third kappa shape index (κ3) is 1.91. The first kappa shape index (κ1) is 12.0. The van der Waals surface area contributed by atoms with Crippen molar-refractivity contribution in [3.05, 3.63) is 27.9 Å². The van der Waals surface area contributed by atoms with Gasteiger partial charge in [-0.3, -0.25) is 0 Å². The molecular formula is C12H13BrN2O2. The summed E-state index contributed by atoms with van der Waals surface area (Å²) >= 11 is 3.54. The summed E-state index contributed by atoms with van der Waals surface area (Å²) in [6, 6.07) is 1.99. The van der Waals surface area contributed by atoms with Crippen LogP contribution in [0.2, 0.25) is 0 Å². The number of ether oxygens (including phenoxy) is 1. The van der Waals surface area contributed by atoms with Crippen molar-refractivity contribution in [3.8, 4) is 16.9 Å². The Bertz CT molecular complexity index is 564. The number of hydrogen-bond donors (Lipinski definition) is 1. The average molecular weight is 297 g/mol. The molecule has 0 fully saturated rings. The van der Waals surface area contributed by atoms with Crippen LogP contribution < -0.4 is 10.5 Å². The van der Waals surface area contributed by atoms with Gasteiger partial charge in [0.1, 0.15) is 5.75 Å². The number of hydrogen-bond acceptors (Lipinski definition) is 4. The number of methoxy groups -OCH3 is 1. The van der Waals surface area contributed by atoms with Crippen molar-refractivity contribution in [3.63, 3.8) is 0 Å². The molecule has 0 saturated carbocycles. The molecular weight excluding hydrogens is 284 g/mol. The molecule has 1 aromatic heterocycles. The number of nitrogen functional groups attached to an aromatic ring is 1. The van der Waals surface area contributed by atoms with E-state index in [-0.39, 0.29) is 0 Å². The number of nitrogens with zero attached hydrogens (tertiary/aromatic N) is 1. The van der Waals surface area contributed by atoms with Crippen LogP contribution in [0.5, 0.6) is 5.75 Å². The summed E-state index contributed by atoms with van der Waals surface area (Å²) in [5.41, 5.74) is 9.54. The number of nitrogens with two attached hydrogens (primary N) is 1. The quantitative estimate of drug-likeness (QED) is 0.923. The molecule has 0 unspecified atom stereocenters. The molecule has 17 heavy (non-hydrogen) atoms. The van der Waals surface area contributed by atoms with Crippen LogP contribution in [0.25, 0.3) is 11.1 Å². The van der Waals surface area contributed by atoms with Gasteiger partial charge in [-0.05, 0) is 25.5 Å². The summed E-state index contributed by atoms with van der Waals surface area (Å²) in [5.74, 6) is 1.16. The van der Waals surface area contributed by atoms with E-state index in [1.807, 2.05) is 19.9 Å². The van der Waals surface area contributed by atoms with Gasteiger partial charge < -0.3 is 15.0 Å². The fourth-order valence-electron chi connectivity index (χ4n) is 2.00. The van der Waals surface area contributed by atoms with Crippen LogP contribution in [0.1, 0.15) is 11.1 Å². The van der Waals surface area contributed by atoms with Gasteiger partial charge in [0, 0.05) is 15.6 Å². The maximum Gasteiger partial charge on any atom is 0.230 e. The Kier molecular flexibility index (Phi) is 3.11. The van der Waals surface area contributed by atoms with Crippen molar-refractivity contribution < 1.29 is 9.26 Å². The summed E-state index contributed by atoms with van der Waals surface area (Å²) in [5, 5.41) is 3.70. The lowest BCUT2D eigenvalue weighted by molar-refractivity contribution is 0.408. The summed E-state index contributed by atoms with van der Waals surface area (Å²) in [7, 11) is 1.66. The molecule has 4 nitrogen and oxygen atoms in total. The molecule has 0 bridgehead atoms. The van der Waals surface area contributed by atoms with E-state index < -0.39 is 0 Å². The molecule has 0 spiro atoms. The van der Waals surface area contributed by atoms with Gasteiger partial charge in [-0.15, -0.1) is 0 Å². The highest BCUT2D eigenvalue weighted by Crippen LogP contribution is 2.40. The van der Waals surface area contributed by atoms with Crippen molar-refractivity contribution in [2.45, 2.75) is 13.8 Å². The fourth-order valence-corrected chi connectivity index (χ4v) is 2.85. The van der Waals surface area contributed by atoms with Gasteiger partial charge in [0.15, 0.2) is 0 Å². The molecule has 0 saturated heterocycles. The van der Waals surface area contributed by atoms with E-state index >= 15 is 0 Å². The first-order chi connectivity index (χ1) is 8.06.